The average Bonchev–Trinajstić information content (AvgIpc) is 3.30. The number of carbonyl (C=O) groups excluding carboxylic acids is 1. The molecule has 1 saturated heterocycles. The molecule has 1 aromatic rings. The summed E-state index contributed by atoms with van der Waals surface area (Å²) < 4.78 is 72.3. The number of hydrogen-bond donors (Lipinski definition) is 1. The van der Waals surface area contributed by atoms with Crippen LogP contribution in [0.3, 0.4) is 0 Å². The van der Waals surface area contributed by atoms with Crippen molar-refractivity contribution in [3.8, 4) is 0 Å². The van der Waals surface area contributed by atoms with Crippen LogP contribution in [0.25, 0.3) is 0 Å². The van der Waals surface area contributed by atoms with E-state index in [9.17, 15) is 26.7 Å². The van der Waals surface area contributed by atoms with Crippen molar-refractivity contribution in [3.05, 3.63) is 34.6 Å². The van der Waals surface area contributed by atoms with Crippen LogP contribution in [0.5, 0.6) is 0 Å². The lowest BCUT2D eigenvalue weighted by Gasteiger charge is -2.32. The van der Waals surface area contributed by atoms with E-state index in [-0.39, 0.29) is 61.2 Å². The number of nitrogens with zero attached hydrogens (tertiary/aromatic N) is 1. The van der Waals surface area contributed by atoms with Gasteiger partial charge in [0.05, 0.1) is 12.2 Å². The molecule has 0 radical (unpaired) electrons. The fourth-order valence-electron chi connectivity index (χ4n) is 4.81. The Bertz CT molecular complexity index is 802. The Hall–Kier alpha value is -1.74. The first-order chi connectivity index (χ1) is 16.2. The first-order valence-electron chi connectivity index (χ1n) is 12.4. The Morgan fingerprint density at radius 2 is 1.82 bits per heavy atom. The van der Waals surface area contributed by atoms with Gasteiger partial charge in [-0.2, -0.15) is 13.2 Å². The molecule has 9 heteroatoms. The van der Waals surface area contributed by atoms with Crippen LogP contribution in [0.15, 0.2) is 12.1 Å². The topological polar surface area (TPSA) is 41.6 Å². The van der Waals surface area contributed by atoms with Crippen LogP contribution in [0.2, 0.25) is 0 Å². The number of ether oxygens (including phenoxy) is 1. The number of benzene rings is 1. The normalized spacial score (nSPS) is 26.6. The third kappa shape index (κ3) is 6.90. The Labute approximate surface area is 199 Å². The lowest BCUT2D eigenvalue weighted by Crippen LogP contribution is -2.48. The largest absolute Gasteiger partial charge is 0.416 e. The van der Waals surface area contributed by atoms with Crippen molar-refractivity contribution in [2.24, 2.45) is 5.92 Å². The molecule has 2 fully saturated rings. The zero-order valence-corrected chi connectivity index (χ0v) is 20.5. The zero-order chi connectivity index (χ0) is 25.5. The van der Waals surface area contributed by atoms with E-state index in [0.717, 1.165) is 12.5 Å². The lowest BCUT2D eigenvalue weighted by molar-refractivity contribution is -0.137. The van der Waals surface area contributed by atoms with E-state index in [1.54, 1.807) is 0 Å². The molecule has 0 aromatic heterocycles. The summed E-state index contributed by atoms with van der Waals surface area (Å²) in [5, 5.41) is 3.30. The average molecular weight is 493 g/mol. The molecule has 1 amide bonds. The number of rotatable bonds is 3. The van der Waals surface area contributed by atoms with E-state index in [1.807, 2.05) is 27.7 Å². The van der Waals surface area contributed by atoms with Crippen LogP contribution in [-0.2, 0) is 28.7 Å². The lowest BCUT2D eigenvalue weighted by atomic mass is 9.95. The first-order valence-corrected chi connectivity index (χ1v) is 12.4. The molecule has 4 unspecified atom stereocenters. The maximum atomic E-state index is 14.1. The van der Waals surface area contributed by atoms with E-state index in [0.29, 0.717) is 31.9 Å². The van der Waals surface area contributed by atoms with Crippen LogP contribution in [0.4, 0.5) is 22.0 Å². The van der Waals surface area contributed by atoms with Crippen molar-refractivity contribution in [1.29, 1.82) is 0 Å². The SMILES string of the molecule is CC.CC.O=C(C1CCC(NC2CCOCC2F)C1)N1CCc2c(F)cc(C(F)(F)F)cc2C1. The minimum atomic E-state index is -4.63. The highest BCUT2D eigenvalue weighted by atomic mass is 19.4. The fraction of sp³-hybridized carbons (Fsp3) is 0.720. The van der Waals surface area contributed by atoms with Gasteiger partial charge in [0.1, 0.15) is 12.0 Å². The molecule has 4 nitrogen and oxygen atoms in total. The van der Waals surface area contributed by atoms with Crippen molar-refractivity contribution in [1.82, 2.24) is 10.2 Å². The van der Waals surface area contributed by atoms with E-state index >= 15 is 0 Å². The molecule has 1 aromatic carbocycles. The highest BCUT2D eigenvalue weighted by Gasteiger charge is 2.38. The second-order valence-corrected chi connectivity index (χ2v) is 8.46. The number of alkyl halides is 4. The van der Waals surface area contributed by atoms with Gasteiger partial charge in [0.2, 0.25) is 5.91 Å². The summed E-state index contributed by atoms with van der Waals surface area (Å²) in [7, 11) is 0. The van der Waals surface area contributed by atoms with Crippen molar-refractivity contribution >= 4 is 5.91 Å². The van der Waals surface area contributed by atoms with Crippen LogP contribution >= 0.6 is 0 Å². The van der Waals surface area contributed by atoms with Crippen molar-refractivity contribution in [3.63, 3.8) is 0 Å². The number of fused-ring (bicyclic) bond motifs is 1. The monoisotopic (exact) mass is 492 g/mol. The molecule has 1 saturated carbocycles. The summed E-state index contributed by atoms with van der Waals surface area (Å²) in [6, 6.07) is 1.23. The van der Waals surface area contributed by atoms with E-state index in [2.05, 4.69) is 5.32 Å². The molecule has 4 atom stereocenters. The molecule has 0 spiro atoms. The minimum Gasteiger partial charge on any atom is -0.378 e. The maximum Gasteiger partial charge on any atom is 0.416 e. The maximum absolute atomic E-state index is 14.1. The second kappa shape index (κ2) is 12.8. The van der Waals surface area contributed by atoms with Crippen molar-refractivity contribution in [2.45, 2.75) is 90.8 Å². The molecule has 1 N–H and O–H groups in total. The fourth-order valence-corrected chi connectivity index (χ4v) is 4.81. The van der Waals surface area contributed by atoms with Gasteiger partial charge in [-0.1, -0.05) is 27.7 Å². The summed E-state index contributed by atoms with van der Waals surface area (Å²) in [5.41, 5.74) is -0.556. The number of amides is 1. The summed E-state index contributed by atoms with van der Waals surface area (Å²) in [5.74, 6) is -1.24. The van der Waals surface area contributed by atoms with Gasteiger partial charge in [-0.25, -0.2) is 8.78 Å². The molecule has 0 bridgehead atoms. The van der Waals surface area contributed by atoms with Gasteiger partial charge in [0, 0.05) is 37.7 Å². The summed E-state index contributed by atoms with van der Waals surface area (Å²) in [4.78, 5) is 14.5. The first kappa shape index (κ1) is 28.5. The summed E-state index contributed by atoms with van der Waals surface area (Å²) in [6.45, 7) is 8.86. The predicted molar refractivity (Wildman–Crippen MR) is 122 cm³/mol. The van der Waals surface area contributed by atoms with Gasteiger partial charge in [0.25, 0.3) is 0 Å². The van der Waals surface area contributed by atoms with Gasteiger partial charge in [-0.3, -0.25) is 4.79 Å². The third-order valence-corrected chi connectivity index (χ3v) is 6.44. The zero-order valence-electron chi connectivity index (χ0n) is 20.5. The number of carbonyl (C=O) groups is 1. The highest BCUT2D eigenvalue weighted by Crippen LogP contribution is 2.35. The molecule has 2 aliphatic heterocycles. The van der Waals surface area contributed by atoms with E-state index in [1.165, 1.54) is 4.90 Å². The molecule has 34 heavy (non-hydrogen) atoms. The quantitative estimate of drug-likeness (QED) is 0.553. The molecule has 3 aliphatic rings. The summed E-state index contributed by atoms with van der Waals surface area (Å²) in [6.07, 6.45) is -2.94. The van der Waals surface area contributed by atoms with Crippen LogP contribution in [-0.4, -0.2) is 48.8 Å². The Kier molecular flexibility index (Phi) is 10.7. The Morgan fingerprint density at radius 1 is 1.12 bits per heavy atom. The van der Waals surface area contributed by atoms with Crippen LogP contribution in [0, 0.1) is 11.7 Å². The number of nitrogens with one attached hydrogen (secondary N) is 1. The molecule has 1 aliphatic carbocycles. The summed E-state index contributed by atoms with van der Waals surface area (Å²) >= 11 is 0. The standard InChI is InChI=1S/C21H25F5N2O2.2C2H6/c22-17-9-14(21(24,25)26)7-13-10-28(5-3-16(13)17)20(29)12-1-2-15(8-12)27-19-4-6-30-11-18(19)23;2*1-2/h7,9,12,15,18-19,27H,1-6,8,10-11H2;2*1-2H3. The molecule has 194 valence electrons. The molecule has 4 rings (SSSR count). The Balaban J connectivity index is 0.000000970. The number of hydrogen-bond acceptors (Lipinski definition) is 3. The smallest absolute Gasteiger partial charge is 0.378 e. The second-order valence-electron chi connectivity index (χ2n) is 8.46. The van der Waals surface area contributed by atoms with Crippen LogP contribution < -0.4 is 5.32 Å². The van der Waals surface area contributed by atoms with Gasteiger partial charge in [-0.15, -0.1) is 0 Å². The van der Waals surface area contributed by atoms with E-state index in [4.69, 9.17) is 4.74 Å². The predicted octanol–water partition coefficient (Wildman–Crippen LogP) is 5.67. The minimum absolute atomic E-state index is 0.0177. The van der Waals surface area contributed by atoms with Gasteiger partial charge < -0.3 is 15.0 Å². The van der Waals surface area contributed by atoms with Gasteiger partial charge in [0.15, 0.2) is 0 Å². The highest BCUT2D eigenvalue weighted by molar-refractivity contribution is 5.79. The van der Waals surface area contributed by atoms with Crippen LogP contribution in [0.1, 0.15) is 70.1 Å². The molecular formula is C25H37F5N2O2. The molecule has 2 heterocycles. The number of halogens is 5. The van der Waals surface area contributed by atoms with Gasteiger partial charge in [-0.05, 0) is 55.4 Å². The third-order valence-electron chi connectivity index (χ3n) is 6.44. The molecular weight excluding hydrogens is 455 g/mol. The Morgan fingerprint density at radius 3 is 2.47 bits per heavy atom. The van der Waals surface area contributed by atoms with Gasteiger partial charge >= 0.3 is 6.18 Å². The van der Waals surface area contributed by atoms with E-state index < -0.39 is 23.7 Å². The van der Waals surface area contributed by atoms with Crippen molar-refractivity contribution in [2.75, 3.05) is 19.8 Å². The van der Waals surface area contributed by atoms with Crippen molar-refractivity contribution < 1.29 is 31.5 Å².